The van der Waals surface area contributed by atoms with Gasteiger partial charge in [0.05, 0.1) is 0 Å². The zero-order valence-electron chi connectivity index (χ0n) is 8.43. The van der Waals surface area contributed by atoms with Crippen molar-refractivity contribution in [3.63, 3.8) is 0 Å². The Morgan fingerprint density at radius 1 is 1.23 bits per heavy atom. The molecule has 0 aromatic heterocycles. The average Bonchev–Trinajstić information content (AvgIpc) is 2.91. The Kier molecular flexibility index (Phi) is 2.36. The molecule has 1 aromatic rings. The topological polar surface area (TPSA) is 12.0 Å². The van der Waals surface area contributed by atoms with Gasteiger partial charge in [0.1, 0.15) is 0 Å². The van der Waals surface area contributed by atoms with Crippen LogP contribution in [0, 0.1) is 13.8 Å². The fourth-order valence-corrected chi connectivity index (χ4v) is 1.46. The van der Waals surface area contributed by atoms with E-state index in [1.54, 1.807) is 0 Å². The molecule has 1 aromatic carbocycles. The van der Waals surface area contributed by atoms with E-state index in [1.165, 1.54) is 29.5 Å². The molecule has 1 N–H and O–H groups in total. The first kappa shape index (κ1) is 8.76. The molecule has 1 fully saturated rings. The maximum Gasteiger partial charge on any atom is 0.0208 e. The zero-order valence-corrected chi connectivity index (χ0v) is 8.43. The molecule has 2 rings (SSSR count). The quantitative estimate of drug-likeness (QED) is 0.744. The minimum Gasteiger partial charge on any atom is -0.310 e. The monoisotopic (exact) mass is 175 g/mol. The molecule has 0 radical (unpaired) electrons. The lowest BCUT2D eigenvalue weighted by atomic mass is 10.1. The summed E-state index contributed by atoms with van der Waals surface area (Å²) in [5, 5.41) is 3.52. The van der Waals surface area contributed by atoms with E-state index in [1.807, 2.05) is 0 Å². The molecule has 1 nitrogen and oxygen atoms in total. The van der Waals surface area contributed by atoms with Crippen molar-refractivity contribution in [3.05, 3.63) is 34.9 Å². The third-order valence-electron chi connectivity index (χ3n) is 2.74. The normalized spacial score (nSPS) is 16.2. The van der Waals surface area contributed by atoms with Crippen LogP contribution in [0.25, 0.3) is 0 Å². The summed E-state index contributed by atoms with van der Waals surface area (Å²) >= 11 is 0. The second kappa shape index (κ2) is 3.51. The predicted molar refractivity (Wildman–Crippen MR) is 55.8 cm³/mol. The molecular weight excluding hydrogens is 158 g/mol. The molecular formula is C12H17N. The van der Waals surface area contributed by atoms with Crippen LogP contribution in [0.3, 0.4) is 0 Å². The largest absolute Gasteiger partial charge is 0.310 e. The summed E-state index contributed by atoms with van der Waals surface area (Å²) in [4.78, 5) is 0. The van der Waals surface area contributed by atoms with Gasteiger partial charge in [-0.15, -0.1) is 0 Å². The summed E-state index contributed by atoms with van der Waals surface area (Å²) in [7, 11) is 0. The zero-order chi connectivity index (χ0) is 9.26. The molecule has 0 aliphatic heterocycles. The van der Waals surface area contributed by atoms with Gasteiger partial charge in [-0.2, -0.15) is 0 Å². The second-order valence-corrected chi connectivity index (χ2v) is 4.07. The van der Waals surface area contributed by atoms with Crippen LogP contribution < -0.4 is 5.32 Å². The van der Waals surface area contributed by atoms with E-state index in [0.29, 0.717) is 0 Å². The van der Waals surface area contributed by atoms with Crippen molar-refractivity contribution in [2.75, 3.05) is 0 Å². The van der Waals surface area contributed by atoms with E-state index >= 15 is 0 Å². The Bertz CT molecular complexity index is 300. The fourth-order valence-electron chi connectivity index (χ4n) is 1.46. The van der Waals surface area contributed by atoms with Crippen LogP contribution >= 0.6 is 0 Å². The highest BCUT2D eigenvalue weighted by Gasteiger charge is 2.19. The predicted octanol–water partition coefficient (Wildman–Crippen LogP) is 2.56. The van der Waals surface area contributed by atoms with Crippen LogP contribution in [0.4, 0.5) is 0 Å². The molecule has 1 aliphatic rings. The molecule has 13 heavy (non-hydrogen) atoms. The van der Waals surface area contributed by atoms with Crippen molar-refractivity contribution in [2.45, 2.75) is 39.3 Å². The van der Waals surface area contributed by atoms with Crippen molar-refractivity contribution in [3.8, 4) is 0 Å². The molecule has 1 saturated carbocycles. The molecule has 70 valence electrons. The van der Waals surface area contributed by atoms with Crippen molar-refractivity contribution in [1.29, 1.82) is 0 Å². The van der Waals surface area contributed by atoms with Crippen molar-refractivity contribution in [1.82, 2.24) is 5.32 Å². The van der Waals surface area contributed by atoms with Crippen LogP contribution in [0.1, 0.15) is 29.5 Å². The second-order valence-electron chi connectivity index (χ2n) is 4.07. The minimum absolute atomic E-state index is 0.807. The Hall–Kier alpha value is -0.820. The van der Waals surface area contributed by atoms with E-state index in [-0.39, 0.29) is 0 Å². The third-order valence-corrected chi connectivity index (χ3v) is 2.74. The lowest BCUT2D eigenvalue weighted by Gasteiger charge is -2.05. The smallest absolute Gasteiger partial charge is 0.0208 e. The van der Waals surface area contributed by atoms with E-state index in [4.69, 9.17) is 0 Å². The van der Waals surface area contributed by atoms with Gasteiger partial charge < -0.3 is 5.32 Å². The molecule has 1 aliphatic carbocycles. The minimum atomic E-state index is 0.807. The van der Waals surface area contributed by atoms with Crippen LogP contribution in [0.15, 0.2) is 18.2 Å². The van der Waals surface area contributed by atoms with Crippen LogP contribution in [0.5, 0.6) is 0 Å². The summed E-state index contributed by atoms with van der Waals surface area (Å²) in [5.41, 5.74) is 4.19. The first-order valence-electron chi connectivity index (χ1n) is 5.05. The van der Waals surface area contributed by atoms with Gasteiger partial charge in [0, 0.05) is 12.6 Å². The lowest BCUT2D eigenvalue weighted by molar-refractivity contribution is 0.687. The van der Waals surface area contributed by atoms with Crippen LogP contribution in [0.2, 0.25) is 0 Å². The van der Waals surface area contributed by atoms with Gasteiger partial charge in [-0.25, -0.2) is 0 Å². The molecule has 0 heterocycles. The number of nitrogens with one attached hydrogen (secondary N) is 1. The maximum atomic E-state index is 3.52. The van der Waals surface area contributed by atoms with Gasteiger partial charge in [-0.05, 0) is 43.4 Å². The Balaban J connectivity index is 1.98. The Morgan fingerprint density at radius 3 is 2.62 bits per heavy atom. The van der Waals surface area contributed by atoms with E-state index in [0.717, 1.165) is 12.6 Å². The van der Waals surface area contributed by atoms with Gasteiger partial charge in [-0.3, -0.25) is 0 Å². The van der Waals surface area contributed by atoms with Crippen LogP contribution in [-0.2, 0) is 6.54 Å². The summed E-state index contributed by atoms with van der Waals surface area (Å²) in [6, 6.07) is 7.52. The van der Waals surface area contributed by atoms with Crippen molar-refractivity contribution >= 4 is 0 Å². The fraction of sp³-hybridized carbons (Fsp3) is 0.500. The average molecular weight is 175 g/mol. The summed E-state index contributed by atoms with van der Waals surface area (Å²) < 4.78 is 0. The molecule has 0 bridgehead atoms. The summed E-state index contributed by atoms with van der Waals surface area (Å²) in [6.07, 6.45) is 2.73. The maximum absolute atomic E-state index is 3.52. The molecule has 0 saturated heterocycles. The highest BCUT2D eigenvalue weighted by atomic mass is 14.9. The number of aryl methyl sites for hydroxylation is 2. The molecule has 0 spiro atoms. The number of hydrogen-bond acceptors (Lipinski definition) is 1. The third kappa shape index (κ3) is 2.31. The van der Waals surface area contributed by atoms with Crippen LogP contribution in [-0.4, -0.2) is 6.04 Å². The summed E-state index contributed by atoms with van der Waals surface area (Å²) in [5.74, 6) is 0. The molecule has 0 amide bonds. The van der Waals surface area contributed by atoms with Crippen molar-refractivity contribution in [2.24, 2.45) is 0 Å². The van der Waals surface area contributed by atoms with E-state index in [2.05, 4.69) is 37.4 Å². The Morgan fingerprint density at radius 2 is 2.00 bits per heavy atom. The first-order chi connectivity index (χ1) is 6.25. The van der Waals surface area contributed by atoms with Gasteiger partial charge in [0.2, 0.25) is 0 Å². The number of rotatable bonds is 3. The Labute approximate surface area is 80.2 Å². The highest BCUT2D eigenvalue weighted by Crippen LogP contribution is 2.19. The van der Waals surface area contributed by atoms with Gasteiger partial charge in [0.15, 0.2) is 0 Å². The van der Waals surface area contributed by atoms with Gasteiger partial charge in [-0.1, -0.05) is 18.2 Å². The van der Waals surface area contributed by atoms with E-state index < -0.39 is 0 Å². The molecule has 1 heteroatoms. The highest BCUT2D eigenvalue weighted by molar-refractivity contribution is 5.29. The lowest BCUT2D eigenvalue weighted by Crippen LogP contribution is -2.15. The SMILES string of the molecule is Cc1ccc(CNC2CC2)cc1C. The first-order valence-corrected chi connectivity index (χ1v) is 5.05. The molecule has 0 atom stereocenters. The molecule has 0 unspecified atom stereocenters. The number of hydrogen-bond donors (Lipinski definition) is 1. The van der Waals surface area contributed by atoms with Gasteiger partial charge >= 0.3 is 0 Å². The standard InChI is InChI=1S/C12H17N/c1-9-3-4-11(7-10(9)2)8-13-12-5-6-12/h3-4,7,12-13H,5-6,8H2,1-2H3. The van der Waals surface area contributed by atoms with Gasteiger partial charge in [0.25, 0.3) is 0 Å². The number of benzene rings is 1. The summed E-state index contributed by atoms with van der Waals surface area (Å²) in [6.45, 7) is 5.37. The van der Waals surface area contributed by atoms with E-state index in [9.17, 15) is 0 Å². The van der Waals surface area contributed by atoms with Crippen molar-refractivity contribution < 1.29 is 0 Å².